The van der Waals surface area contributed by atoms with Crippen molar-refractivity contribution in [1.29, 1.82) is 0 Å². The van der Waals surface area contributed by atoms with Crippen molar-refractivity contribution in [2.45, 2.75) is 12.6 Å². The van der Waals surface area contributed by atoms with Crippen LogP contribution in [0.25, 0.3) is 0 Å². The second-order valence-corrected chi connectivity index (χ2v) is 7.91. The number of nitrogens with one attached hydrogen (secondary N) is 1. The molecule has 33 heavy (non-hydrogen) atoms. The van der Waals surface area contributed by atoms with Crippen molar-refractivity contribution >= 4 is 17.5 Å². The van der Waals surface area contributed by atoms with E-state index in [-0.39, 0.29) is 11.9 Å². The van der Waals surface area contributed by atoms with Gasteiger partial charge in [0.15, 0.2) is 0 Å². The van der Waals surface area contributed by atoms with Crippen LogP contribution in [0.15, 0.2) is 103 Å². The van der Waals surface area contributed by atoms with E-state index >= 15 is 0 Å². The first-order chi connectivity index (χ1) is 16.1. The molecule has 0 heterocycles. The first-order valence-electron chi connectivity index (χ1n) is 10.6. The molecule has 0 aliphatic heterocycles. The average Bonchev–Trinajstić information content (AvgIpc) is 2.87. The van der Waals surface area contributed by atoms with Crippen molar-refractivity contribution in [3.05, 3.63) is 130 Å². The third-order valence-corrected chi connectivity index (χ3v) is 5.67. The Bertz CT molecular complexity index is 1210. The predicted molar refractivity (Wildman–Crippen MR) is 131 cm³/mol. The van der Waals surface area contributed by atoms with Crippen molar-refractivity contribution in [1.82, 2.24) is 5.32 Å². The maximum Gasteiger partial charge on any atom is 0.252 e. The minimum atomic E-state index is -0.308. The molecule has 166 valence electrons. The molecule has 1 N–H and O–H groups in total. The van der Waals surface area contributed by atoms with Crippen molar-refractivity contribution in [3.63, 3.8) is 0 Å². The Morgan fingerprint density at radius 3 is 2.24 bits per heavy atom. The summed E-state index contributed by atoms with van der Waals surface area (Å²) in [6, 6.07) is 31.9. The molecular weight excluding hydrogens is 434 g/mol. The SMILES string of the molecule is COc1ccc(C(NC(=O)c2cccc(OCc3ccccc3Cl)c2)c2ccccc2)cc1. The number of hydrogen-bond donors (Lipinski definition) is 1. The average molecular weight is 458 g/mol. The maximum absolute atomic E-state index is 13.2. The Morgan fingerprint density at radius 2 is 1.52 bits per heavy atom. The van der Waals surface area contributed by atoms with Crippen LogP contribution in [0, 0.1) is 0 Å². The quantitative estimate of drug-likeness (QED) is 0.331. The van der Waals surface area contributed by atoms with E-state index in [2.05, 4.69) is 5.32 Å². The van der Waals surface area contributed by atoms with Crippen LogP contribution >= 0.6 is 11.6 Å². The second kappa shape index (κ2) is 10.7. The van der Waals surface area contributed by atoms with Crippen LogP contribution in [-0.4, -0.2) is 13.0 Å². The third-order valence-electron chi connectivity index (χ3n) is 5.31. The monoisotopic (exact) mass is 457 g/mol. The smallest absolute Gasteiger partial charge is 0.252 e. The topological polar surface area (TPSA) is 47.6 Å². The van der Waals surface area contributed by atoms with Gasteiger partial charge < -0.3 is 14.8 Å². The third kappa shape index (κ3) is 5.73. The summed E-state index contributed by atoms with van der Waals surface area (Å²) in [7, 11) is 1.63. The van der Waals surface area contributed by atoms with Crippen LogP contribution in [0.2, 0.25) is 5.02 Å². The summed E-state index contributed by atoms with van der Waals surface area (Å²) in [5, 5.41) is 3.81. The Balaban J connectivity index is 1.53. The molecule has 4 aromatic carbocycles. The molecule has 0 bridgehead atoms. The normalized spacial score (nSPS) is 11.5. The molecular formula is C28H24ClNO3. The molecule has 1 unspecified atom stereocenters. The van der Waals surface area contributed by atoms with Gasteiger partial charge in [-0.1, -0.05) is 78.3 Å². The Labute approximate surface area is 198 Å². The zero-order valence-corrected chi connectivity index (χ0v) is 19.0. The van der Waals surface area contributed by atoms with Gasteiger partial charge in [0.25, 0.3) is 5.91 Å². The fourth-order valence-electron chi connectivity index (χ4n) is 3.52. The van der Waals surface area contributed by atoms with E-state index in [0.29, 0.717) is 22.9 Å². The number of hydrogen-bond acceptors (Lipinski definition) is 3. The molecule has 4 rings (SSSR count). The molecule has 0 aromatic heterocycles. The van der Waals surface area contributed by atoms with Gasteiger partial charge in [-0.3, -0.25) is 4.79 Å². The highest BCUT2D eigenvalue weighted by molar-refractivity contribution is 6.31. The first-order valence-corrected chi connectivity index (χ1v) is 11.0. The molecule has 0 saturated heterocycles. The standard InChI is InChI=1S/C28H24ClNO3/c1-32-24-16-14-21(15-17-24)27(20-8-3-2-4-9-20)30-28(31)22-11-7-12-25(18-22)33-19-23-10-5-6-13-26(23)29/h2-18,27H,19H2,1H3,(H,30,31). The maximum atomic E-state index is 13.2. The Morgan fingerprint density at radius 1 is 0.818 bits per heavy atom. The van der Waals surface area contributed by atoms with Gasteiger partial charge in [0.1, 0.15) is 18.1 Å². The van der Waals surface area contributed by atoms with Gasteiger partial charge in [-0.2, -0.15) is 0 Å². The molecule has 4 nitrogen and oxygen atoms in total. The van der Waals surface area contributed by atoms with Crippen LogP contribution in [0.1, 0.15) is 33.1 Å². The van der Waals surface area contributed by atoms with Crippen LogP contribution in [0.4, 0.5) is 0 Å². The van der Waals surface area contributed by atoms with Crippen molar-refractivity contribution in [3.8, 4) is 11.5 Å². The van der Waals surface area contributed by atoms with Crippen molar-refractivity contribution in [2.24, 2.45) is 0 Å². The summed E-state index contributed by atoms with van der Waals surface area (Å²) >= 11 is 6.21. The highest BCUT2D eigenvalue weighted by atomic mass is 35.5. The molecule has 0 aliphatic rings. The number of methoxy groups -OCH3 is 1. The summed E-state index contributed by atoms with van der Waals surface area (Å²) in [6.07, 6.45) is 0. The van der Waals surface area contributed by atoms with Gasteiger partial charge in [-0.25, -0.2) is 0 Å². The molecule has 0 radical (unpaired) electrons. The minimum Gasteiger partial charge on any atom is -0.497 e. The molecule has 1 atom stereocenters. The number of ether oxygens (including phenoxy) is 2. The Hall–Kier alpha value is -3.76. The van der Waals surface area contributed by atoms with Gasteiger partial charge >= 0.3 is 0 Å². The number of benzene rings is 4. The summed E-state index contributed by atoms with van der Waals surface area (Å²) in [5.74, 6) is 1.17. The van der Waals surface area contributed by atoms with E-state index in [0.717, 1.165) is 22.4 Å². The number of halogens is 1. The van der Waals surface area contributed by atoms with E-state index in [1.54, 1.807) is 19.2 Å². The predicted octanol–water partition coefficient (Wildman–Crippen LogP) is 6.45. The van der Waals surface area contributed by atoms with Crippen molar-refractivity contribution in [2.75, 3.05) is 7.11 Å². The number of carbonyl (C=O) groups is 1. The van der Waals surface area contributed by atoms with E-state index in [1.807, 2.05) is 91.0 Å². The van der Waals surface area contributed by atoms with Gasteiger partial charge in [0.2, 0.25) is 0 Å². The summed E-state index contributed by atoms with van der Waals surface area (Å²) in [4.78, 5) is 13.2. The van der Waals surface area contributed by atoms with Gasteiger partial charge in [0, 0.05) is 16.1 Å². The summed E-state index contributed by atoms with van der Waals surface area (Å²) in [5.41, 5.74) is 3.35. The number of amides is 1. The van der Waals surface area contributed by atoms with E-state index in [9.17, 15) is 4.79 Å². The molecule has 1 amide bonds. The zero-order valence-electron chi connectivity index (χ0n) is 18.2. The first kappa shape index (κ1) is 22.4. The fourth-order valence-corrected chi connectivity index (χ4v) is 3.71. The lowest BCUT2D eigenvalue weighted by molar-refractivity contribution is 0.0942. The molecule has 0 spiro atoms. The molecule has 0 fully saturated rings. The van der Waals surface area contributed by atoms with E-state index < -0.39 is 0 Å². The number of rotatable bonds is 8. The lowest BCUT2D eigenvalue weighted by Crippen LogP contribution is -2.29. The Kier molecular flexibility index (Phi) is 7.28. The number of carbonyl (C=O) groups excluding carboxylic acids is 1. The van der Waals surface area contributed by atoms with Crippen molar-refractivity contribution < 1.29 is 14.3 Å². The summed E-state index contributed by atoms with van der Waals surface area (Å²) < 4.78 is 11.2. The molecule has 0 aliphatic carbocycles. The highest BCUT2D eigenvalue weighted by Gasteiger charge is 2.18. The van der Waals surface area contributed by atoms with Crippen LogP contribution in [0.5, 0.6) is 11.5 Å². The van der Waals surface area contributed by atoms with E-state index in [4.69, 9.17) is 21.1 Å². The molecule has 5 heteroatoms. The van der Waals surface area contributed by atoms with Gasteiger partial charge in [0.05, 0.1) is 13.2 Å². The van der Waals surface area contributed by atoms with Crippen LogP contribution in [-0.2, 0) is 6.61 Å². The van der Waals surface area contributed by atoms with Gasteiger partial charge in [-0.15, -0.1) is 0 Å². The molecule has 4 aromatic rings. The van der Waals surface area contributed by atoms with E-state index in [1.165, 1.54) is 0 Å². The minimum absolute atomic E-state index is 0.192. The lowest BCUT2D eigenvalue weighted by atomic mass is 9.98. The van der Waals surface area contributed by atoms with Crippen LogP contribution in [0.3, 0.4) is 0 Å². The van der Waals surface area contributed by atoms with Crippen LogP contribution < -0.4 is 14.8 Å². The highest BCUT2D eigenvalue weighted by Crippen LogP contribution is 2.25. The summed E-state index contributed by atoms with van der Waals surface area (Å²) in [6.45, 7) is 0.323. The molecule has 0 saturated carbocycles. The second-order valence-electron chi connectivity index (χ2n) is 7.50. The zero-order chi connectivity index (χ0) is 23.0. The fraction of sp³-hybridized carbons (Fsp3) is 0.107. The lowest BCUT2D eigenvalue weighted by Gasteiger charge is -2.20. The largest absolute Gasteiger partial charge is 0.497 e. The van der Waals surface area contributed by atoms with Gasteiger partial charge in [-0.05, 0) is 47.5 Å².